The standard InChI is InChI=1S/C31H31N5O5/c37-29-6-4-26(30(38)33-29)36-18-23-15-22(2-3-24(23)31(36)39)25-13-21(7-8-32-25)17-35-11-9-34(10-12-35)16-20-1-5-27-28(14-20)41-19-40-27/h1-3,5,7-8,13-15,26H,4,6,9-12,16-19H2,(H,33,37,38). The van der Waals surface area contributed by atoms with Gasteiger partial charge < -0.3 is 14.4 Å². The number of amides is 3. The summed E-state index contributed by atoms with van der Waals surface area (Å²) in [4.78, 5) is 48.1. The minimum absolute atomic E-state index is 0.166. The molecule has 210 valence electrons. The Morgan fingerprint density at radius 1 is 0.854 bits per heavy atom. The molecular weight excluding hydrogens is 522 g/mol. The van der Waals surface area contributed by atoms with E-state index in [-0.39, 0.29) is 18.2 Å². The first-order valence-electron chi connectivity index (χ1n) is 14.1. The Balaban J connectivity index is 0.975. The molecule has 1 aromatic heterocycles. The molecule has 1 N–H and O–H groups in total. The van der Waals surface area contributed by atoms with Crippen molar-refractivity contribution in [1.29, 1.82) is 0 Å². The first-order chi connectivity index (χ1) is 20.0. The summed E-state index contributed by atoms with van der Waals surface area (Å²) in [6.07, 6.45) is 2.44. The van der Waals surface area contributed by atoms with Crippen LogP contribution in [0, 0.1) is 0 Å². The normalized spacial score (nSPS) is 20.8. The molecule has 4 aliphatic rings. The van der Waals surface area contributed by atoms with E-state index in [9.17, 15) is 14.4 Å². The first kappa shape index (κ1) is 25.7. The van der Waals surface area contributed by atoms with Crippen LogP contribution in [0.5, 0.6) is 11.5 Å². The van der Waals surface area contributed by atoms with Crippen LogP contribution in [-0.4, -0.2) is 76.4 Å². The van der Waals surface area contributed by atoms with E-state index in [2.05, 4.69) is 44.4 Å². The smallest absolute Gasteiger partial charge is 0.255 e. The fraction of sp³-hybridized carbons (Fsp3) is 0.355. The number of ether oxygens (including phenoxy) is 2. The van der Waals surface area contributed by atoms with Crippen molar-refractivity contribution in [3.8, 4) is 22.8 Å². The van der Waals surface area contributed by atoms with Gasteiger partial charge >= 0.3 is 0 Å². The number of nitrogens with zero attached hydrogens (tertiary/aromatic N) is 4. The highest BCUT2D eigenvalue weighted by Gasteiger charge is 2.39. The van der Waals surface area contributed by atoms with Crippen molar-refractivity contribution >= 4 is 17.7 Å². The monoisotopic (exact) mass is 553 g/mol. The Labute approximate surface area is 237 Å². The molecule has 1 atom stereocenters. The number of carbonyl (C=O) groups excluding carboxylic acids is 3. The topological polar surface area (TPSA) is 104 Å². The lowest BCUT2D eigenvalue weighted by molar-refractivity contribution is -0.136. The van der Waals surface area contributed by atoms with Crippen molar-refractivity contribution in [3.63, 3.8) is 0 Å². The lowest BCUT2D eigenvalue weighted by atomic mass is 10.0. The number of piperidine rings is 1. The number of pyridine rings is 1. The lowest BCUT2D eigenvalue weighted by Crippen LogP contribution is -2.52. The predicted molar refractivity (Wildman–Crippen MR) is 149 cm³/mol. The number of fused-ring (bicyclic) bond motifs is 2. The molecule has 5 heterocycles. The minimum Gasteiger partial charge on any atom is -0.454 e. The van der Waals surface area contributed by atoms with Gasteiger partial charge in [0.1, 0.15) is 6.04 Å². The average Bonchev–Trinajstić information content (AvgIpc) is 3.58. The quantitative estimate of drug-likeness (QED) is 0.465. The summed E-state index contributed by atoms with van der Waals surface area (Å²) < 4.78 is 10.9. The number of piperazine rings is 1. The average molecular weight is 554 g/mol. The Bertz CT molecular complexity index is 1530. The molecule has 1 unspecified atom stereocenters. The Morgan fingerprint density at radius 3 is 2.39 bits per heavy atom. The van der Waals surface area contributed by atoms with Gasteiger partial charge in [0.15, 0.2) is 11.5 Å². The van der Waals surface area contributed by atoms with E-state index in [0.29, 0.717) is 25.3 Å². The van der Waals surface area contributed by atoms with E-state index in [1.165, 1.54) is 11.1 Å². The van der Waals surface area contributed by atoms with Gasteiger partial charge in [-0.05, 0) is 59.5 Å². The van der Waals surface area contributed by atoms with Gasteiger partial charge in [-0.25, -0.2) is 0 Å². The molecule has 10 heteroatoms. The van der Waals surface area contributed by atoms with Crippen molar-refractivity contribution in [2.24, 2.45) is 0 Å². The second kappa shape index (κ2) is 10.6. The van der Waals surface area contributed by atoms with Crippen molar-refractivity contribution in [2.45, 2.75) is 38.5 Å². The zero-order valence-electron chi connectivity index (χ0n) is 22.7. The summed E-state index contributed by atoms with van der Waals surface area (Å²) in [5.41, 5.74) is 5.71. The molecule has 0 radical (unpaired) electrons. The molecule has 0 spiro atoms. The molecular formula is C31H31N5O5. The van der Waals surface area contributed by atoms with E-state index >= 15 is 0 Å². The number of hydrogen-bond donors (Lipinski definition) is 1. The number of carbonyl (C=O) groups is 3. The van der Waals surface area contributed by atoms with Gasteiger partial charge in [-0.15, -0.1) is 0 Å². The molecule has 0 aliphatic carbocycles. The second-order valence-electron chi connectivity index (χ2n) is 11.1. The maximum absolute atomic E-state index is 13.0. The summed E-state index contributed by atoms with van der Waals surface area (Å²) in [6, 6.07) is 15.5. The third-order valence-electron chi connectivity index (χ3n) is 8.36. The molecule has 2 fully saturated rings. The number of hydrogen-bond acceptors (Lipinski definition) is 8. The Hall–Kier alpha value is -4.28. The van der Waals surface area contributed by atoms with Gasteiger partial charge in [-0.1, -0.05) is 12.1 Å². The van der Waals surface area contributed by atoms with Gasteiger partial charge in [-0.3, -0.25) is 34.5 Å². The van der Waals surface area contributed by atoms with Gasteiger partial charge in [0.25, 0.3) is 5.91 Å². The highest BCUT2D eigenvalue weighted by molar-refractivity contribution is 6.05. The van der Waals surface area contributed by atoms with E-state index in [1.54, 1.807) is 4.90 Å². The number of rotatable bonds is 6. The fourth-order valence-electron chi connectivity index (χ4n) is 6.13. The zero-order chi connectivity index (χ0) is 27.9. The van der Waals surface area contributed by atoms with Gasteiger partial charge in [0.05, 0.1) is 5.69 Å². The summed E-state index contributed by atoms with van der Waals surface area (Å²) in [5.74, 6) is 0.798. The largest absolute Gasteiger partial charge is 0.454 e. The van der Waals surface area contributed by atoms with Crippen LogP contribution >= 0.6 is 0 Å². The van der Waals surface area contributed by atoms with E-state index in [1.807, 2.05) is 30.5 Å². The maximum Gasteiger partial charge on any atom is 0.255 e. The highest BCUT2D eigenvalue weighted by Crippen LogP contribution is 2.33. The highest BCUT2D eigenvalue weighted by atomic mass is 16.7. The van der Waals surface area contributed by atoms with Crippen molar-refractivity contribution in [2.75, 3.05) is 33.0 Å². The molecule has 0 saturated carbocycles. The molecule has 3 amide bonds. The van der Waals surface area contributed by atoms with Crippen LogP contribution in [0.4, 0.5) is 0 Å². The molecule has 3 aromatic rings. The van der Waals surface area contributed by atoms with Gasteiger partial charge in [0.2, 0.25) is 18.6 Å². The van der Waals surface area contributed by atoms with Crippen LogP contribution in [0.3, 0.4) is 0 Å². The summed E-state index contributed by atoms with van der Waals surface area (Å²) in [7, 11) is 0. The van der Waals surface area contributed by atoms with E-state index in [0.717, 1.165) is 67.6 Å². The third kappa shape index (κ3) is 5.16. The maximum atomic E-state index is 13.0. The SMILES string of the molecule is O=C1CCC(N2Cc3cc(-c4cc(CN5CCN(Cc6ccc7c(c6)OCO7)CC5)ccn4)ccc3C2=O)C(=O)N1. The molecule has 7 rings (SSSR count). The van der Waals surface area contributed by atoms with Crippen LogP contribution in [0.1, 0.15) is 39.9 Å². The number of aromatic nitrogens is 1. The van der Waals surface area contributed by atoms with Crippen LogP contribution in [0.2, 0.25) is 0 Å². The predicted octanol–water partition coefficient (Wildman–Crippen LogP) is 2.56. The van der Waals surface area contributed by atoms with Crippen LogP contribution < -0.4 is 14.8 Å². The van der Waals surface area contributed by atoms with Gasteiger partial charge in [0, 0.05) is 69.6 Å². The lowest BCUT2D eigenvalue weighted by Gasteiger charge is -2.34. The van der Waals surface area contributed by atoms with Crippen LogP contribution in [-0.2, 0) is 29.2 Å². The molecule has 41 heavy (non-hydrogen) atoms. The van der Waals surface area contributed by atoms with Crippen molar-refractivity contribution in [3.05, 3.63) is 77.0 Å². The summed E-state index contributed by atoms with van der Waals surface area (Å²) in [5, 5.41) is 2.35. The minimum atomic E-state index is -0.616. The van der Waals surface area contributed by atoms with Crippen LogP contribution in [0.25, 0.3) is 11.3 Å². The molecule has 2 saturated heterocycles. The molecule has 4 aliphatic heterocycles. The number of nitrogens with one attached hydrogen (secondary N) is 1. The summed E-state index contributed by atoms with van der Waals surface area (Å²) >= 11 is 0. The number of imide groups is 1. The van der Waals surface area contributed by atoms with Crippen LogP contribution in [0.15, 0.2) is 54.7 Å². The molecule has 10 nitrogen and oxygen atoms in total. The van der Waals surface area contributed by atoms with E-state index < -0.39 is 11.9 Å². The molecule has 2 aromatic carbocycles. The van der Waals surface area contributed by atoms with Crippen molar-refractivity contribution in [1.82, 2.24) is 25.0 Å². The number of benzene rings is 2. The second-order valence-corrected chi connectivity index (χ2v) is 11.1. The molecule has 0 bridgehead atoms. The first-order valence-corrected chi connectivity index (χ1v) is 14.1. The Morgan fingerprint density at radius 2 is 1.61 bits per heavy atom. The van der Waals surface area contributed by atoms with Gasteiger partial charge in [-0.2, -0.15) is 0 Å². The zero-order valence-corrected chi connectivity index (χ0v) is 22.7. The third-order valence-corrected chi connectivity index (χ3v) is 8.36. The van der Waals surface area contributed by atoms with Crippen molar-refractivity contribution < 1.29 is 23.9 Å². The summed E-state index contributed by atoms with van der Waals surface area (Å²) in [6.45, 7) is 6.35. The Kier molecular flexibility index (Phi) is 6.64. The van der Waals surface area contributed by atoms with E-state index in [4.69, 9.17) is 9.47 Å². The fourth-order valence-corrected chi connectivity index (χ4v) is 6.13.